The van der Waals surface area contributed by atoms with Crippen LogP contribution in [0, 0.1) is 11.8 Å². The number of imidazole rings is 1. The van der Waals surface area contributed by atoms with Gasteiger partial charge in [0.2, 0.25) is 53.2 Å². The number of aliphatic imine (C=N–C) groups is 2. The molecule has 27 heteroatoms. The van der Waals surface area contributed by atoms with Crippen LogP contribution in [-0.4, -0.2) is 142 Å². The van der Waals surface area contributed by atoms with Crippen LogP contribution < -0.4 is 71.2 Å². The van der Waals surface area contributed by atoms with Gasteiger partial charge in [0.05, 0.1) is 6.33 Å². The number of guanidine groups is 2. The summed E-state index contributed by atoms with van der Waals surface area (Å²) >= 11 is 0. The van der Waals surface area contributed by atoms with Crippen molar-refractivity contribution in [2.24, 2.45) is 50.5 Å². The van der Waals surface area contributed by atoms with Crippen LogP contribution in [0.3, 0.4) is 0 Å². The summed E-state index contributed by atoms with van der Waals surface area (Å²) in [6.07, 6.45) is 18.5. The second-order valence-corrected chi connectivity index (χ2v) is 25.1. The molecular formula is C67H109N17O10. The molecular weight excluding hydrogens is 1200 g/mol. The van der Waals surface area contributed by atoms with Crippen molar-refractivity contribution in [2.75, 3.05) is 13.1 Å². The van der Waals surface area contributed by atoms with E-state index in [0.717, 1.165) is 19.3 Å². The SMILES string of the molecule is CCCCCCCCCCCCCCCC(=O)NC(CC(C)C)C(=O)NC(C)C(=O)NC(Cc1ccc(O)cc1)C(=O)NC(Cc1ccccc1)C(=O)NC(CCCN=C(N)N)C(=O)NC(CCCN=C(N)N)C(=O)NC(CC(C)C)C(=O)NC(Cc1cnc[nH]1)C(N)=O. The molecule has 94 heavy (non-hydrogen) atoms. The number of nitrogens with zero attached hydrogens (tertiary/aromatic N) is 3. The molecule has 2 aromatic carbocycles. The molecule has 8 atom stereocenters. The fourth-order valence-corrected chi connectivity index (χ4v) is 10.5. The average Bonchev–Trinajstić information content (AvgIpc) is 1.05. The van der Waals surface area contributed by atoms with Crippen molar-refractivity contribution in [3.63, 3.8) is 0 Å². The van der Waals surface area contributed by atoms with Gasteiger partial charge in [0, 0.05) is 50.7 Å². The van der Waals surface area contributed by atoms with E-state index in [0.29, 0.717) is 29.7 Å². The number of carbonyl (C=O) groups excluding carboxylic acids is 9. The molecule has 0 aliphatic carbocycles. The highest BCUT2D eigenvalue weighted by atomic mass is 16.3. The Labute approximate surface area is 554 Å². The highest BCUT2D eigenvalue weighted by Gasteiger charge is 2.35. The van der Waals surface area contributed by atoms with E-state index in [1.165, 1.54) is 89.4 Å². The van der Waals surface area contributed by atoms with Gasteiger partial charge in [0.15, 0.2) is 11.9 Å². The lowest BCUT2D eigenvalue weighted by Gasteiger charge is -2.28. The number of nitrogens with two attached hydrogens (primary N) is 5. The Morgan fingerprint density at radius 1 is 0.457 bits per heavy atom. The number of aromatic amines is 1. The van der Waals surface area contributed by atoms with E-state index in [4.69, 9.17) is 28.7 Å². The largest absolute Gasteiger partial charge is 0.508 e. The Morgan fingerprint density at radius 3 is 1.32 bits per heavy atom. The summed E-state index contributed by atoms with van der Waals surface area (Å²) < 4.78 is 0. The highest BCUT2D eigenvalue weighted by Crippen LogP contribution is 2.17. The van der Waals surface area contributed by atoms with Crippen LogP contribution in [0.2, 0.25) is 0 Å². The first-order chi connectivity index (χ1) is 44.8. The van der Waals surface area contributed by atoms with Gasteiger partial charge in [-0.15, -0.1) is 0 Å². The van der Waals surface area contributed by atoms with Crippen molar-refractivity contribution in [3.8, 4) is 5.75 Å². The first-order valence-corrected chi connectivity index (χ1v) is 33.5. The summed E-state index contributed by atoms with van der Waals surface area (Å²) in [7, 11) is 0. The lowest BCUT2D eigenvalue weighted by Crippen LogP contribution is -2.60. The lowest BCUT2D eigenvalue weighted by atomic mass is 10.0. The third-order valence-corrected chi connectivity index (χ3v) is 15.7. The maximum absolute atomic E-state index is 14.9. The summed E-state index contributed by atoms with van der Waals surface area (Å²) in [4.78, 5) is 141. The summed E-state index contributed by atoms with van der Waals surface area (Å²) in [6.45, 7) is 11.2. The van der Waals surface area contributed by atoms with E-state index in [9.17, 15) is 48.3 Å². The Balaban J connectivity index is 1.89. The molecule has 1 aromatic heterocycles. The molecule has 0 spiro atoms. The van der Waals surface area contributed by atoms with Crippen LogP contribution in [0.5, 0.6) is 5.75 Å². The number of rotatable bonds is 48. The predicted molar refractivity (Wildman–Crippen MR) is 364 cm³/mol. The van der Waals surface area contributed by atoms with E-state index >= 15 is 0 Å². The van der Waals surface area contributed by atoms with E-state index in [1.54, 1.807) is 42.5 Å². The van der Waals surface area contributed by atoms with Gasteiger partial charge in [0.25, 0.3) is 0 Å². The molecule has 0 saturated carbocycles. The number of unbranched alkanes of at least 4 members (excludes halogenated alkanes) is 12. The molecule has 3 rings (SSSR count). The molecule has 3 aromatic rings. The van der Waals surface area contributed by atoms with Crippen LogP contribution in [0.15, 0.2) is 77.1 Å². The van der Waals surface area contributed by atoms with Crippen molar-refractivity contribution < 1.29 is 48.3 Å². The van der Waals surface area contributed by atoms with Crippen LogP contribution in [0.4, 0.5) is 0 Å². The predicted octanol–water partition coefficient (Wildman–Crippen LogP) is 3.21. The van der Waals surface area contributed by atoms with Crippen molar-refractivity contribution in [3.05, 3.63) is 83.9 Å². The quantitative estimate of drug-likeness (QED) is 0.0219. The zero-order chi connectivity index (χ0) is 69.4. The Bertz CT molecular complexity index is 2830. The molecule has 9 amide bonds. The number of amides is 9. The maximum Gasteiger partial charge on any atom is 0.243 e. The standard InChI is InChI=1S/C67H109N17O10/c1-7-8-9-10-11-12-13-14-15-16-17-18-22-29-57(86)78-53(36-43(2)3)62(91)77-45(6)59(88)82-55(39-47-30-32-49(85)33-31-47)65(94)84-56(38-46-25-20-19-21-26-46)64(93)80-50(27-23-34-74-66(69)70)60(89)79-51(28-24-35-75-67(71)72)61(90)83-54(37-44(4)5)63(92)81-52(58(68)87)40-48-41-73-42-76-48/h19-21,25-26,30-33,41-45,50-56,85H,7-18,22-24,27-29,34-40H2,1-6H3,(H2,68,87)(H,73,76)(H,77,91)(H,78,86)(H,79,89)(H,80,93)(H,81,92)(H,82,88)(H,83,90)(H,84,94)(H4,69,70,74)(H4,71,72,75). The maximum atomic E-state index is 14.9. The van der Waals surface area contributed by atoms with Crippen molar-refractivity contribution in [1.29, 1.82) is 0 Å². The monoisotopic (exact) mass is 1310 g/mol. The first-order valence-electron chi connectivity index (χ1n) is 33.5. The smallest absolute Gasteiger partial charge is 0.243 e. The molecule has 27 nitrogen and oxygen atoms in total. The molecule has 0 aliphatic heterocycles. The summed E-state index contributed by atoms with van der Waals surface area (Å²) in [5.41, 5.74) is 29.7. The highest BCUT2D eigenvalue weighted by molar-refractivity contribution is 5.98. The van der Waals surface area contributed by atoms with Crippen molar-refractivity contribution in [2.45, 2.75) is 238 Å². The number of aromatic nitrogens is 2. The van der Waals surface area contributed by atoms with Crippen LogP contribution in [-0.2, 0) is 62.4 Å². The Kier molecular flexibility index (Phi) is 37.8. The van der Waals surface area contributed by atoms with Gasteiger partial charge >= 0.3 is 0 Å². The normalized spacial score (nSPS) is 13.7. The number of hydrogen-bond acceptors (Lipinski definition) is 13. The average molecular weight is 1310 g/mol. The molecule has 1 heterocycles. The first kappa shape index (κ1) is 79.5. The van der Waals surface area contributed by atoms with E-state index in [-0.39, 0.29) is 106 Å². The lowest BCUT2D eigenvalue weighted by molar-refractivity contribution is -0.136. The van der Waals surface area contributed by atoms with E-state index < -0.39 is 95.6 Å². The minimum atomic E-state index is -1.43. The van der Waals surface area contributed by atoms with Crippen LogP contribution in [0.1, 0.15) is 187 Å². The Morgan fingerprint density at radius 2 is 0.862 bits per heavy atom. The second kappa shape index (κ2) is 44.7. The number of H-pyrrole nitrogens is 1. The van der Waals surface area contributed by atoms with Gasteiger partial charge < -0.3 is 81.3 Å². The molecule has 522 valence electrons. The molecule has 0 radical (unpaired) electrons. The number of phenols is 1. The number of carbonyl (C=O) groups is 9. The molecule has 0 saturated heterocycles. The van der Waals surface area contributed by atoms with Crippen LogP contribution >= 0.6 is 0 Å². The third kappa shape index (κ3) is 33.7. The second-order valence-electron chi connectivity index (χ2n) is 25.1. The summed E-state index contributed by atoms with van der Waals surface area (Å²) in [5.74, 6) is -7.13. The summed E-state index contributed by atoms with van der Waals surface area (Å²) in [5, 5.41) is 32.1. The van der Waals surface area contributed by atoms with Crippen molar-refractivity contribution >= 4 is 65.1 Å². The Hall–Kier alpha value is -8.78. The third-order valence-electron chi connectivity index (χ3n) is 15.7. The number of aromatic hydroxyl groups is 1. The minimum Gasteiger partial charge on any atom is -0.508 e. The number of primary amides is 1. The van der Waals surface area contributed by atoms with E-state index in [1.807, 2.05) is 27.7 Å². The summed E-state index contributed by atoms with van der Waals surface area (Å²) in [6, 6.07) is 4.44. The topological polar surface area (TPSA) is 454 Å². The van der Waals surface area contributed by atoms with E-state index in [2.05, 4.69) is 69.4 Å². The molecule has 20 N–H and O–H groups in total. The number of hydrogen-bond donors (Lipinski definition) is 15. The van der Waals surface area contributed by atoms with Crippen LogP contribution in [0.25, 0.3) is 0 Å². The van der Waals surface area contributed by atoms with Gasteiger partial charge in [-0.1, -0.05) is 154 Å². The minimum absolute atomic E-state index is 0.000999. The van der Waals surface area contributed by atoms with Gasteiger partial charge in [-0.25, -0.2) is 4.98 Å². The molecule has 8 unspecified atom stereocenters. The zero-order valence-electron chi connectivity index (χ0n) is 56.2. The van der Waals surface area contributed by atoms with Gasteiger partial charge in [-0.2, -0.15) is 0 Å². The number of nitrogens with one attached hydrogen (secondary N) is 9. The number of phenolic OH excluding ortho intramolecular Hbond substituents is 1. The zero-order valence-corrected chi connectivity index (χ0v) is 56.2. The molecule has 0 fully saturated rings. The van der Waals surface area contributed by atoms with Gasteiger partial charge in [-0.05, 0) is 87.0 Å². The van der Waals surface area contributed by atoms with Gasteiger partial charge in [0.1, 0.15) is 54.1 Å². The fraction of sp³-hybridized carbons (Fsp3) is 0.612. The molecule has 0 aliphatic rings. The van der Waals surface area contributed by atoms with Crippen molar-refractivity contribution in [1.82, 2.24) is 52.5 Å². The van der Waals surface area contributed by atoms with Gasteiger partial charge in [-0.3, -0.25) is 53.1 Å². The fourth-order valence-electron chi connectivity index (χ4n) is 10.5. The molecule has 0 bridgehead atoms. The number of benzene rings is 2.